The Labute approximate surface area is 53.9 Å². The summed E-state index contributed by atoms with van der Waals surface area (Å²) >= 11 is 0. The summed E-state index contributed by atoms with van der Waals surface area (Å²) in [6.07, 6.45) is 4.41. The van der Waals surface area contributed by atoms with Crippen molar-refractivity contribution < 1.29 is 14.6 Å². The summed E-state index contributed by atoms with van der Waals surface area (Å²) in [5.41, 5.74) is 0. The van der Waals surface area contributed by atoms with Crippen LogP contribution in [0.15, 0.2) is 0 Å². The Morgan fingerprint density at radius 3 is 2.67 bits per heavy atom. The summed E-state index contributed by atoms with van der Waals surface area (Å²) in [6, 6.07) is 0. The molecule has 0 aromatic heterocycles. The molecule has 50 valence electrons. The third-order valence-electron chi connectivity index (χ3n) is 0.545. The lowest BCUT2D eigenvalue weighted by Crippen LogP contribution is -2.08. The number of terminal acetylenes is 1. The molecule has 0 bridgehead atoms. The summed E-state index contributed by atoms with van der Waals surface area (Å²) in [7, 11) is 0. The molecule has 0 aromatic rings. The van der Waals surface area contributed by atoms with Gasteiger partial charge in [0.25, 0.3) is 0 Å². The Hall–Kier alpha value is -1.01. The lowest BCUT2D eigenvalue weighted by Gasteiger charge is -2.01. The molecule has 1 unspecified atom stereocenters. The van der Waals surface area contributed by atoms with Crippen LogP contribution in [0.25, 0.3) is 0 Å². The number of hydrogen-bond acceptors (Lipinski definition) is 3. The van der Waals surface area contributed by atoms with E-state index in [1.54, 1.807) is 6.92 Å². The Bertz CT molecular complexity index is 134. The van der Waals surface area contributed by atoms with Crippen molar-refractivity contribution >= 4 is 5.97 Å². The summed E-state index contributed by atoms with van der Waals surface area (Å²) in [4.78, 5) is 18.5. The van der Waals surface area contributed by atoms with E-state index in [2.05, 4.69) is 15.7 Å². The molecule has 0 amide bonds. The minimum atomic E-state index is -0.503. The van der Waals surface area contributed by atoms with Crippen molar-refractivity contribution in [3.63, 3.8) is 0 Å². The van der Waals surface area contributed by atoms with Gasteiger partial charge in [0.1, 0.15) is 0 Å². The van der Waals surface area contributed by atoms with Crippen molar-refractivity contribution in [1.82, 2.24) is 0 Å². The molecule has 0 aliphatic heterocycles. The van der Waals surface area contributed by atoms with Crippen LogP contribution in [0.4, 0.5) is 0 Å². The highest BCUT2D eigenvalue weighted by Crippen LogP contribution is 1.88. The lowest BCUT2D eigenvalue weighted by molar-refractivity contribution is -0.281. The SMILES string of the molecule is C#CC(C)OOC(C)=O. The zero-order valence-corrected chi connectivity index (χ0v) is 5.38. The molecule has 1 atom stereocenters. The molecule has 0 aromatic carbocycles. The van der Waals surface area contributed by atoms with Gasteiger partial charge in [-0.1, -0.05) is 5.92 Å². The average molecular weight is 128 g/mol. The molecule has 0 aliphatic rings. The third-order valence-corrected chi connectivity index (χ3v) is 0.545. The molecule has 9 heavy (non-hydrogen) atoms. The maximum atomic E-state index is 10.0. The van der Waals surface area contributed by atoms with E-state index in [0.29, 0.717) is 0 Å². The van der Waals surface area contributed by atoms with Crippen LogP contribution in [0.3, 0.4) is 0 Å². The molecule has 3 nitrogen and oxygen atoms in total. The fourth-order valence-corrected chi connectivity index (χ4v) is 0.168. The Morgan fingerprint density at radius 1 is 1.78 bits per heavy atom. The van der Waals surface area contributed by atoms with Crippen molar-refractivity contribution in [2.45, 2.75) is 20.0 Å². The van der Waals surface area contributed by atoms with Gasteiger partial charge in [0.15, 0.2) is 6.10 Å². The Balaban J connectivity index is 3.30. The van der Waals surface area contributed by atoms with Gasteiger partial charge in [0.05, 0.1) is 0 Å². The minimum Gasteiger partial charge on any atom is -0.297 e. The lowest BCUT2D eigenvalue weighted by atomic mass is 10.4. The predicted molar refractivity (Wildman–Crippen MR) is 31.1 cm³/mol. The molecule has 0 radical (unpaired) electrons. The zero-order chi connectivity index (χ0) is 7.28. The predicted octanol–water partition coefficient (Wildman–Crippen LogP) is 0.503. The van der Waals surface area contributed by atoms with E-state index in [1.807, 2.05) is 0 Å². The summed E-state index contributed by atoms with van der Waals surface area (Å²) in [5, 5.41) is 0. The standard InChI is InChI=1S/C6H8O3/c1-4-5(2)8-9-6(3)7/h1,5H,2-3H3. The molecule has 0 aliphatic carbocycles. The van der Waals surface area contributed by atoms with Crippen LogP contribution in [0.1, 0.15) is 13.8 Å². The molecule has 0 heterocycles. The highest BCUT2D eigenvalue weighted by Gasteiger charge is 1.98. The van der Waals surface area contributed by atoms with Crippen molar-refractivity contribution in [1.29, 1.82) is 0 Å². The Morgan fingerprint density at radius 2 is 2.33 bits per heavy atom. The number of carbonyl (C=O) groups excluding carboxylic acids is 1. The Kier molecular flexibility index (Phi) is 3.49. The molecule has 0 fully saturated rings. The fraction of sp³-hybridized carbons (Fsp3) is 0.500. The van der Waals surface area contributed by atoms with Gasteiger partial charge in [-0.05, 0) is 6.92 Å². The number of hydrogen-bond donors (Lipinski definition) is 0. The highest BCUT2D eigenvalue weighted by molar-refractivity contribution is 5.65. The molecular weight excluding hydrogens is 120 g/mol. The molecule has 0 N–H and O–H groups in total. The number of carbonyl (C=O) groups is 1. The van der Waals surface area contributed by atoms with Gasteiger partial charge in [-0.2, -0.15) is 4.89 Å². The topological polar surface area (TPSA) is 35.5 Å². The molecule has 0 saturated heterocycles. The van der Waals surface area contributed by atoms with Crippen LogP contribution in [0.5, 0.6) is 0 Å². The van der Waals surface area contributed by atoms with Crippen LogP contribution in [0, 0.1) is 12.3 Å². The van der Waals surface area contributed by atoms with Gasteiger partial charge in [0, 0.05) is 6.92 Å². The first-order chi connectivity index (χ1) is 4.16. The van der Waals surface area contributed by atoms with Gasteiger partial charge in [0.2, 0.25) is 0 Å². The van der Waals surface area contributed by atoms with Crippen LogP contribution >= 0.6 is 0 Å². The molecule has 0 rings (SSSR count). The van der Waals surface area contributed by atoms with Gasteiger partial charge >= 0.3 is 5.97 Å². The molecule has 3 heteroatoms. The van der Waals surface area contributed by atoms with Gasteiger partial charge in [-0.25, -0.2) is 4.79 Å². The van der Waals surface area contributed by atoms with Gasteiger partial charge < -0.3 is 0 Å². The van der Waals surface area contributed by atoms with Crippen molar-refractivity contribution in [3.05, 3.63) is 0 Å². The van der Waals surface area contributed by atoms with Crippen molar-refractivity contribution in [3.8, 4) is 12.3 Å². The summed E-state index contributed by atoms with van der Waals surface area (Å²) in [6.45, 7) is 2.84. The van der Waals surface area contributed by atoms with E-state index in [0.717, 1.165) is 0 Å². The highest BCUT2D eigenvalue weighted by atomic mass is 17.2. The van der Waals surface area contributed by atoms with Gasteiger partial charge in [-0.15, -0.1) is 6.42 Å². The van der Waals surface area contributed by atoms with E-state index in [-0.39, 0.29) is 0 Å². The van der Waals surface area contributed by atoms with E-state index >= 15 is 0 Å². The third kappa shape index (κ3) is 4.85. The first-order valence-corrected chi connectivity index (χ1v) is 2.47. The first kappa shape index (κ1) is 7.99. The molecule has 0 spiro atoms. The largest absolute Gasteiger partial charge is 0.339 e. The fourth-order valence-electron chi connectivity index (χ4n) is 0.168. The first-order valence-electron chi connectivity index (χ1n) is 2.47. The zero-order valence-electron chi connectivity index (χ0n) is 5.38. The minimum absolute atomic E-state index is 0.478. The second kappa shape index (κ2) is 3.93. The maximum Gasteiger partial charge on any atom is 0.339 e. The summed E-state index contributed by atoms with van der Waals surface area (Å²) in [5.74, 6) is 1.72. The van der Waals surface area contributed by atoms with E-state index in [1.165, 1.54) is 6.92 Å². The van der Waals surface area contributed by atoms with Crippen molar-refractivity contribution in [2.24, 2.45) is 0 Å². The smallest absolute Gasteiger partial charge is 0.297 e. The second-order valence-corrected chi connectivity index (χ2v) is 1.48. The van der Waals surface area contributed by atoms with Crippen molar-refractivity contribution in [2.75, 3.05) is 0 Å². The van der Waals surface area contributed by atoms with Crippen LogP contribution in [0.2, 0.25) is 0 Å². The monoisotopic (exact) mass is 128 g/mol. The number of rotatable bonds is 2. The maximum absolute atomic E-state index is 10.0. The van der Waals surface area contributed by atoms with E-state index < -0.39 is 12.1 Å². The van der Waals surface area contributed by atoms with E-state index in [4.69, 9.17) is 6.42 Å². The van der Waals surface area contributed by atoms with Gasteiger partial charge in [-0.3, -0.25) is 4.89 Å². The molecule has 0 saturated carbocycles. The van der Waals surface area contributed by atoms with E-state index in [9.17, 15) is 4.79 Å². The normalized spacial score (nSPS) is 11.7. The average Bonchev–Trinajstić information content (AvgIpc) is 1.83. The quantitative estimate of drug-likeness (QED) is 0.308. The van der Waals surface area contributed by atoms with Crippen LogP contribution in [-0.2, 0) is 14.6 Å². The summed E-state index contributed by atoms with van der Waals surface area (Å²) < 4.78 is 0. The van der Waals surface area contributed by atoms with Crippen LogP contribution < -0.4 is 0 Å². The second-order valence-electron chi connectivity index (χ2n) is 1.48. The van der Waals surface area contributed by atoms with Crippen LogP contribution in [-0.4, -0.2) is 12.1 Å². The molecular formula is C6H8O3.